The molecular weight excluding hydrogens is 402 g/mol. The number of benzene rings is 2. The molecule has 1 N–H and O–H groups in total. The predicted molar refractivity (Wildman–Crippen MR) is 116 cm³/mol. The number of carbonyl (C=O) groups excluding carboxylic acids is 2. The van der Waals surface area contributed by atoms with Crippen LogP contribution in [-0.2, 0) is 9.59 Å². The maximum Gasteiger partial charge on any atom is 0.331 e. The normalized spacial score (nSPS) is 16.5. The summed E-state index contributed by atoms with van der Waals surface area (Å²) in [5.74, 6) is -0.793. The molecule has 2 aliphatic rings. The van der Waals surface area contributed by atoms with Gasteiger partial charge in [0.25, 0.3) is 5.69 Å². The lowest BCUT2D eigenvalue weighted by molar-refractivity contribution is -0.384. The van der Waals surface area contributed by atoms with E-state index in [0.717, 1.165) is 31.9 Å². The average molecular weight is 425 g/mol. The molecule has 0 saturated carbocycles. The van der Waals surface area contributed by atoms with E-state index in [4.69, 9.17) is 4.74 Å². The zero-order valence-electron chi connectivity index (χ0n) is 17.1. The fourth-order valence-corrected chi connectivity index (χ4v) is 3.69. The highest BCUT2D eigenvalue weighted by Crippen LogP contribution is 2.35. The van der Waals surface area contributed by atoms with Crippen molar-refractivity contribution in [2.45, 2.75) is 0 Å². The minimum absolute atomic E-state index is 0.0785. The maximum atomic E-state index is 12.6. The van der Waals surface area contributed by atoms with Crippen LogP contribution in [0, 0.1) is 10.1 Å². The maximum absolute atomic E-state index is 12.6. The first-order valence-electron chi connectivity index (χ1n) is 9.96. The quantitative estimate of drug-likeness (QED) is 0.334. The molecule has 1 amide bonds. The number of hydrogen-bond donors (Lipinski definition) is 1. The first-order chi connectivity index (χ1) is 14.9. The highest BCUT2D eigenvalue weighted by atomic mass is 16.6. The topological polar surface area (TPSA) is 108 Å². The van der Waals surface area contributed by atoms with Gasteiger partial charge in [0.15, 0.2) is 5.75 Å². The standard InChI is InChI=1S/C21H23N5O5/c1-23-8-10-24(11-9-23)16-4-2-15(3-5-16)22-20(27)13-25-14-21(28)31-19-12-17(26(29)30)6-7-18(19)25/h2-7,12H,8-11,13-14H2,1H3,(H,22,27). The summed E-state index contributed by atoms with van der Waals surface area (Å²) in [6, 6.07) is 11.7. The average Bonchev–Trinajstić information content (AvgIpc) is 2.74. The number of ether oxygens (including phenoxy) is 1. The second-order valence-electron chi connectivity index (χ2n) is 7.62. The van der Waals surface area contributed by atoms with Crippen molar-refractivity contribution in [3.63, 3.8) is 0 Å². The Balaban J connectivity index is 1.40. The molecule has 2 heterocycles. The van der Waals surface area contributed by atoms with E-state index in [1.54, 1.807) is 4.90 Å². The minimum Gasteiger partial charge on any atom is -0.423 e. The number of fused-ring (bicyclic) bond motifs is 1. The minimum atomic E-state index is -0.572. The number of amides is 1. The van der Waals surface area contributed by atoms with E-state index in [9.17, 15) is 19.7 Å². The molecule has 2 aromatic rings. The number of non-ortho nitro benzene ring substituents is 1. The van der Waals surface area contributed by atoms with E-state index in [0.29, 0.717) is 11.4 Å². The SMILES string of the molecule is CN1CCN(c2ccc(NC(=O)CN3CC(=O)Oc4cc([N+](=O)[O-])ccc43)cc2)CC1. The van der Waals surface area contributed by atoms with E-state index in [-0.39, 0.29) is 30.4 Å². The van der Waals surface area contributed by atoms with Crippen molar-refractivity contribution < 1.29 is 19.2 Å². The van der Waals surface area contributed by atoms with E-state index < -0.39 is 10.9 Å². The number of hydrogen-bond acceptors (Lipinski definition) is 8. The molecule has 0 aliphatic carbocycles. The zero-order valence-corrected chi connectivity index (χ0v) is 17.1. The monoisotopic (exact) mass is 425 g/mol. The Kier molecular flexibility index (Phi) is 5.72. The number of carbonyl (C=O) groups is 2. The molecule has 0 radical (unpaired) electrons. The molecule has 31 heavy (non-hydrogen) atoms. The van der Waals surface area contributed by atoms with Gasteiger partial charge in [0.2, 0.25) is 5.91 Å². The highest BCUT2D eigenvalue weighted by Gasteiger charge is 2.27. The van der Waals surface area contributed by atoms with Gasteiger partial charge < -0.3 is 24.8 Å². The Bertz CT molecular complexity index is 1000. The van der Waals surface area contributed by atoms with E-state index in [2.05, 4.69) is 22.2 Å². The Hall–Kier alpha value is -3.66. The Morgan fingerprint density at radius 2 is 1.84 bits per heavy atom. The molecule has 0 unspecified atom stereocenters. The molecule has 1 fully saturated rings. The number of piperazine rings is 1. The number of esters is 1. The van der Waals surface area contributed by atoms with Gasteiger partial charge in [0, 0.05) is 43.6 Å². The molecule has 4 rings (SSSR count). The van der Waals surface area contributed by atoms with Crippen molar-refractivity contribution in [1.29, 1.82) is 0 Å². The van der Waals surface area contributed by atoms with Crippen LogP contribution in [0.15, 0.2) is 42.5 Å². The van der Waals surface area contributed by atoms with Gasteiger partial charge in [-0.3, -0.25) is 14.9 Å². The molecule has 2 aromatic carbocycles. The van der Waals surface area contributed by atoms with Crippen molar-refractivity contribution in [1.82, 2.24) is 4.90 Å². The van der Waals surface area contributed by atoms with Crippen molar-refractivity contribution in [3.8, 4) is 5.75 Å². The van der Waals surface area contributed by atoms with Crippen molar-refractivity contribution >= 4 is 34.6 Å². The molecule has 0 bridgehead atoms. The number of nitrogens with zero attached hydrogens (tertiary/aromatic N) is 4. The second kappa shape index (κ2) is 8.60. The van der Waals surface area contributed by atoms with Crippen molar-refractivity contribution in [3.05, 3.63) is 52.6 Å². The molecule has 10 heteroatoms. The van der Waals surface area contributed by atoms with Gasteiger partial charge in [0.05, 0.1) is 23.2 Å². The summed E-state index contributed by atoms with van der Waals surface area (Å²) < 4.78 is 5.11. The summed E-state index contributed by atoms with van der Waals surface area (Å²) in [5, 5.41) is 13.8. The fraction of sp³-hybridized carbons (Fsp3) is 0.333. The molecule has 0 aromatic heterocycles. The molecule has 0 atom stereocenters. The van der Waals surface area contributed by atoms with Crippen LogP contribution in [0.3, 0.4) is 0 Å². The largest absolute Gasteiger partial charge is 0.423 e. The fourth-order valence-electron chi connectivity index (χ4n) is 3.69. The third-order valence-corrected chi connectivity index (χ3v) is 5.39. The Labute approximate surface area is 179 Å². The molecule has 0 spiro atoms. The number of rotatable bonds is 5. The molecule has 2 aliphatic heterocycles. The lowest BCUT2D eigenvalue weighted by Crippen LogP contribution is -2.44. The zero-order chi connectivity index (χ0) is 22.0. The van der Waals surface area contributed by atoms with E-state index >= 15 is 0 Å². The van der Waals surface area contributed by atoms with Crippen LogP contribution >= 0.6 is 0 Å². The predicted octanol–water partition coefficient (Wildman–Crippen LogP) is 1.71. The summed E-state index contributed by atoms with van der Waals surface area (Å²) in [6.45, 7) is 3.76. The third kappa shape index (κ3) is 4.75. The highest BCUT2D eigenvalue weighted by molar-refractivity contribution is 5.96. The van der Waals surface area contributed by atoms with Crippen LogP contribution in [0.4, 0.5) is 22.7 Å². The number of anilines is 3. The third-order valence-electron chi connectivity index (χ3n) is 5.39. The van der Waals surface area contributed by atoms with Gasteiger partial charge in [-0.05, 0) is 37.4 Å². The smallest absolute Gasteiger partial charge is 0.331 e. The lowest BCUT2D eigenvalue weighted by atomic mass is 10.2. The van der Waals surface area contributed by atoms with Crippen molar-refractivity contribution in [2.24, 2.45) is 0 Å². The van der Waals surface area contributed by atoms with Crippen LogP contribution in [0.5, 0.6) is 5.75 Å². The summed E-state index contributed by atoms with van der Waals surface area (Å²) in [5.41, 5.74) is 2.05. The van der Waals surface area contributed by atoms with Gasteiger partial charge in [-0.1, -0.05) is 0 Å². The summed E-state index contributed by atoms with van der Waals surface area (Å²) in [7, 11) is 2.11. The van der Waals surface area contributed by atoms with E-state index in [1.165, 1.54) is 18.2 Å². The summed E-state index contributed by atoms with van der Waals surface area (Å²) >= 11 is 0. The summed E-state index contributed by atoms with van der Waals surface area (Å²) in [6.07, 6.45) is 0. The van der Waals surface area contributed by atoms with Gasteiger partial charge in [0.1, 0.15) is 6.54 Å². The van der Waals surface area contributed by atoms with Crippen LogP contribution in [0.1, 0.15) is 0 Å². The first kappa shape index (κ1) is 20.6. The number of likely N-dealkylation sites (N-methyl/N-ethyl adjacent to an activating group) is 1. The van der Waals surface area contributed by atoms with Crippen LogP contribution < -0.4 is 19.9 Å². The first-order valence-corrected chi connectivity index (χ1v) is 9.96. The Morgan fingerprint density at radius 1 is 1.13 bits per heavy atom. The molecule has 1 saturated heterocycles. The lowest BCUT2D eigenvalue weighted by Gasteiger charge is -2.34. The van der Waals surface area contributed by atoms with Gasteiger partial charge in [-0.2, -0.15) is 0 Å². The molecule has 162 valence electrons. The van der Waals surface area contributed by atoms with Gasteiger partial charge in [-0.25, -0.2) is 4.79 Å². The molecular formula is C21H23N5O5. The number of nitro groups is 1. The number of nitrogens with one attached hydrogen (secondary N) is 1. The van der Waals surface area contributed by atoms with Crippen LogP contribution in [-0.4, -0.2) is 68.0 Å². The van der Waals surface area contributed by atoms with Gasteiger partial charge >= 0.3 is 5.97 Å². The van der Waals surface area contributed by atoms with Crippen LogP contribution in [0.25, 0.3) is 0 Å². The van der Waals surface area contributed by atoms with Gasteiger partial charge in [-0.15, -0.1) is 0 Å². The van der Waals surface area contributed by atoms with Crippen molar-refractivity contribution in [2.75, 3.05) is 61.4 Å². The summed E-state index contributed by atoms with van der Waals surface area (Å²) in [4.78, 5) is 41.0. The second-order valence-corrected chi connectivity index (χ2v) is 7.62. The van der Waals surface area contributed by atoms with E-state index in [1.807, 2.05) is 24.3 Å². The van der Waals surface area contributed by atoms with Crippen LogP contribution in [0.2, 0.25) is 0 Å². The number of nitro benzene ring substituents is 1. The molecule has 10 nitrogen and oxygen atoms in total. The Morgan fingerprint density at radius 3 is 2.52 bits per heavy atom.